The molecule has 0 amide bonds. The summed E-state index contributed by atoms with van der Waals surface area (Å²) >= 11 is 11.3. The second-order valence-corrected chi connectivity index (χ2v) is 5.85. The van der Waals surface area contributed by atoms with E-state index in [0.29, 0.717) is 11.6 Å². The summed E-state index contributed by atoms with van der Waals surface area (Å²) in [5, 5.41) is 0.751. The molecule has 0 fully saturated rings. The molecule has 1 rings (SSSR count). The number of halogens is 1. The average Bonchev–Trinajstić information content (AvgIpc) is 2.37. The summed E-state index contributed by atoms with van der Waals surface area (Å²) in [7, 11) is 0. The van der Waals surface area contributed by atoms with Crippen LogP contribution in [-0.4, -0.2) is 11.6 Å². The van der Waals surface area contributed by atoms with Crippen LogP contribution in [0, 0.1) is 12.8 Å². The van der Waals surface area contributed by atoms with Gasteiger partial charge in [-0.05, 0) is 42.5 Å². The number of ether oxygens (including phenoxy) is 1. The molecule has 0 aliphatic carbocycles. The minimum Gasteiger partial charge on any atom is -0.493 e. The zero-order chi connectivity index (χ0) is 14.6. The molecule has 0 spiro atoms. The monoisotopic (exact) mass is 299 g/mol. The molecular weight excluding hydrogens is 278 g/mol. The normalized spacial score (nSPS) is 13.9. The Morgan fingerprint density at radius 1 is 1.42 bits per heavy atom. The van der Waals surface area contributed by atoms with E-state index >= 15 is 0 Å². The van der Waals surface area contributed by atoms with Gasteiger partial charge in [0.15, 0.2) is 0 Å². The molecule has 19 heavy (non-hydrogen) atoms. The first-order valence-electron chi connectivity index (χ1n) is 6.60. The minimum absolute atomic E-state index is 0.109. The lowest BCUT2D eigenvalue weighted by atomic mass is 9.88. The number of hydrogen-bond donors (Lipinski definition) is 1. The van der Waals surface area contributed by atoms with Crippen molar-refractivity contribution in [1.82, 2.24) is 0 Å². The lowest BCUT2D eigenvalue weighted by molar-refractivity contribution is 0.311. The number of nitrogens with two attached hydrogens (primary N) is 1. The third-order valence-corrected chi connectivity index (χ3v) is 4.22. The van der Waals surface area contributed by atoms with Crippen molar-refractivity contribution in [3.8, 4) is 5.75 Å². The zero-order valence-electron chi connectivity index (χ0n) is 12.0. The summed E-state index contributed by atoms with van der Waals surface area (Å²) < 4.78 is 5.83. The van der Waals surface area contributed by atoms with Gasteiger partial charge in [-0.15, -0.1) is 0 Å². The van der Waals surface area contributed by atoms with Crippen molar-refractivity contribution in [3.05, 3.63) is 28.3 Å². The van der Waals surface area contributed by atoms with Gasteiger partial charge >= 0.3 is 0 Å². The van der Waals surface area contributed by atoms with Crippen LogP contribution in [0.25, 0.3) is 0 Å². The van der Waals surface area contributed by atoms with Crippen LogP contribution < -0.4 is 10.5 Å². The van der Waals surface area contributed by atoms with Crippen LogP contribution in [0.2, 0.25) is 5.02 Å². The van der Waals surface area contributed by atoms with Crippen LogP contribution in [0.5, 0.6) is 5.75 Å². The molecule has 0 heterocycles. The first-order chi connectivity index (χ1) is 8.88. The maximum atomic E-state index is 6.23. The molecule has 2 unspecified atom stereocenters. The maximum Gasteiger partial charge on any atom is 0.123 e. The van der Waals surface area contributed by atoms with Gasteiger partial charge in [0.25, 0.3) is 0 Å². The quantitative estimate of drug-likeness (QED) is 0.788. The van der Waals surface area contributed by atoms with E-state index in [1.54, 1.807) is 0 Å². The van der Waals surface area contributed by atoms with Gasteiger partial charge in [0, 0.05) is 10.9 Å². The van der Waals surface area contributed by atoms with Crippen molar-refractivity contribution in [3.63, 3.8) is 0 Å². The molecular formula is C15H22ClNOS. The van der Waals surface area contributed by atoms with E-state index < -0.39 is 0 Å². The predicted molar refractivity (Wildman–Crippen MR) is 86.3 cm³/mol. The van der Waals surface area contributed by atoms with Crippen molar-refractivity contribution < 1.29 is 4.74 Å². The van der Waals surface area contributed by atoms with Gasteiger partial charge in [-0.25, -0.2) is 0 Å². The third kappa shape index (κ3) is 4.08. The van der Waals surface area contributed by atoms with E-state index in [-0.39, 0.29) is 11.8 Å². The van der Waals surface area contributed by atoms with Gasteiger partial charge in [-0.3, -0.25) is 0 Å². The third-order valence-electron chi connectivity index (χ3n) is 3.44. The highest BCUT2D eigenvalue weighted by Crippen LogP contribution is 2.35. The highest BCUT2D eigenvalue weighted by molar-refractivity contribution is 7.80. The van der Waals surface area contributed by atoms with Gasteiger partial charge < -0.3 is 10.5 Å². The van der Waals surface area contributed by atoms with E-state index in [9.17, 15) is 0 Å². The molecule has 1 aromatic rings. The van der Waals surface area contributed by atoms with E-state index in [2.05, 4.69) is 13.8 Å². The molecule has 106 valence electrons. The minimum atomic E-state index is 0.109. The summed E-state index contributed by atoms with van der Waals surface area (Å²) in [6.45, 7) is 8.90. The summed E-state index contributed by atoms with van der Waals surface area (Å²) in [4.78, 5) is 0.519. The Morgan fingerprint density at radius 2 is 2.05 bits per heavy atom. The molecule has 0 saturated carbocycles. The van der Waals surface area contributed by atoms with E-state index in [0.717, 1.165) is 28.3 Å². The Balaban J connectivity index is 3.15. The Hall–Kier alpha value is -0.800. The van der Waals surface area contributed by atoms with Crippen molar-refractivity contribution in [2.45, 2.75) is 40.0 Å². The molecule has 2 N–H and O–H groups in total. The molecule has 0 bridgehead atoms. The van der Waals surface area contributed by atoms with Crippen molar-refractivity contribution in [2.24, 2.45) is 11.7 Å². The lowest BCUT2D eigenvalue weighted by Crippen LogP contribution is -2.23. The SMILES string of the molecule is CCCOc1cc(C)c(Cl)cc1C(C)C(C)C(N)=S. The topological polar surface area (TPSA) is 35.2 Å². The van der Waals surface area contributed by atoms with Gasteiger partial charge in [-0.2, -0.15) is 0 Å². The molecule has 0 radical (unpaired) electrons. The first kappa shape index (κ1) is 16.3. The van der Waals surface area contributed by atoms with E-state index in [1.807, 2.05) is 26.0 Å². The second kappa shape index (κ2) is 7.11. The molecule has 2 nitrogen and oxygen atoms in total. The zero-order valence-corrected chi connectivity index (χ0v) is 13.6. The van der Waals surface area contributed by atoms with Crippen molar-refractivity contribution in [2.75, 3.05) is 6.61 Å². The van der Waals surface area contributed by atoms with Crippen LogP contribution in [0.15, 0.2) is 12.1 Å². The Morgan fingerprint density at radius 3 is 2.58 bits per heavy atom. The van der Waals surface area contributed by atoms with Gasteiger partial charge in [0.2, 0.25) is 0 Å². The number of benzene rings is 1. The molecule has 4 heteroatoms. The van der Waals surface area contributed by atoms with E-state index in [4.69, 9.17) is 34.3 Å². The highest BCUT2D eigenvalue weighted by Gasteiger charge is 2.21. The summed E-state index contributed by atoms with van der Waals surface area (Å²) in [6, 6.07) is 3.97. The first-order valence-corrected chi connectivity index (χ1v) is 7.39. The molecule has 1 aromatic carbocycles. The van der Waals surface area contributed by atoms with Gasteiger partial charge in [0.05, 0.1) is 11.6 Å². The summed E-state index contributed by atoms with van der Waals surface area (Å²) in [5.41, 5.74) is 7.84. The highest BCUT2D eigenvalue weighted by atomic mass is 35.5. The smallest absolute Gasteiger partial charge is 0.123 e. The average molecular weight is 300 g/mol. The van der Waals surface area contributed by atoms with Gasteiger partial charge in [-0.1, -0.05) is 44.6 Å². The largest absolute Gasteiger partial charge is 0.493 e. The number of hydrogen-bond acceptors (Lipinski definition) is 2. The maximum absolute atomic E-state index is 6.23. The van der Waals surface area contributed by atoms with E-state index in [1.165, 1.54) is 0 Å². The molecule has 0 aromatic heterocycles. The van der Waals surface area contributed by atoms with Crippen molar-refractivity contribution in [1.29, 1.82) is 0 Å². The number of rotatable bonds is 6. The summed E-state index contributed by atoms with van der Waals surface area (Å²) in [5.74, 6) is 1.18. The molecule has 0 saturated heterocycles. The molecule has 0 aliphatic heterocycles. The second-order valence-electron chi connectivity index (χ2n) is 4.97. The van der Waals surface area contributed by atoms with Gasteiger partial charge in [0.1, 0.15) is 5.75 Å². The van der Waals surface area contributed by atoms with Crippen LogP contribution in [0.1, 0.15) is 44.2 Å². The van der Waals surface area contributed by atoms with Crippen LogP contribution in [0.3, 0.4) is 0 Å². The van der Waals surface area contributed by atoms with Crippen LogP contribution >= 0.6 is 23.8 Å². The fourth-order valence-electron chi connectivity index (χ4n) is 1.88. The molecule has 2 atom stereocenters. The Labute approximate surface area is 126 Å². The van der Waals surface area contributed by atoms with Crippen LogP contribution in [-0.2, 0) is 0 Å². The fourth-order valence-corrected chi connectivity index (χ4v) is 2.26. The predicted octanol–water partition coefficient (Wildman–Crippen LogP) is 4.46. The fraction of sp³-hybridized carbons (Fsp3) is 0.533. The van der Waals surface area contributed by atoms with Crippen molar-refractivity contribution >= 4 is 28.8 Å². The number of thiocarbonyl (C=S) groups is 1. The molecule has 0 aliphatic rings. The van der Waals surface area contributed by atoms with Crippen LogP contribution in [0.4, 0.5) is 0 Å². The Kier molecular flexibility index (Phi) is 6.08. The lowest BCUT2D eigenvalue weighted by Gasteiger charge is -2.23. The standard InChI is InChI=1S/C15H22ClNOS/c1-5-6-18-14-7-9(2)13(16)8-12(14)10(3)11(4)15(17)19/h7-8,10-11H,5-6H2,1-4H3,(H2,17,19). The number of aryl methyl sites for hydroxylation is 1. The summed E-state index contributed by atoms with van der Waals surface area (Å²) in [6.07, 6.45) is 0.973. The Bertz CT molecular complexity index is 462.